The van der Waals surface area contributed by atoms with Crippen molar-refractivity contribution in [2.45, 2.75) is 39.2 Å². The van der Waals surface area contributed by atoms with Crippen molar-refractivity contribution < 1.29 is 0 Å². The van der Waals surface area contributed by atoms with Gasteiger partial charge in [-0.05, 0) is 56.0 Å². The summed E-state index contributed by atoms with van der Waals surface area (Å²) in [5.74, 6) is 0. The van der Waals surface area contributed by atoms with Gasteiger partial charge >= 0.3 is 0 Å². The number of benzene rings is 1. The second-order valence-electron chi connectivity index (χ2n) is 4.33. The van der Waals surface area contributed by atoms with Gasteiger partial charge in [0.1, 0.15) is 0 Å². The zero-order chi connectivity index (χ0) is 12.7. The van der Waals surface area contributed by atoms with Crippen LogP contribution in [0, 0.1) is 6.92 Å². The van der Waals surface area contributed by atoms with Crippen LogP contribution < -0.4 is 5.32 Å². The van der Waals surface area contributed by atoms with Crippen LogP contribution in [0.2, 0.25) is 0 Å². The second-order valence-corrected chi connectivity index (χ2v) is 5.25. The zero-order valence-electron chi connectivity index (χ0n) is 10.8. The molecule has 0 aromatic heterocycles. The third-order valence-electron chi connectivity index (χ3n) is 2.97. The Morgan fingerprint density at radius 3 is 2.88 bits per heavy atom. The fourth-order valence-corrected chi connectivity index (χ4v) is 2.45. The molecule has 0 heterocycles. The van der Waals surface area contributed by atoms with Crippen molar-refractivity contribution in [2.75, 3.05) is 6.54 Å². The summed E-state index contributed by atoms with van der Waals surface area (Å²) in [5, 5.41) is 3.57. The lowest BCUT2D eigenvalue weighted by molar-refractivity contribution is 0.498. The number of rotatable bonds is 7. The molecular formula is C15H22BrN. The normalized spacial score (nSPS) is 12.4. The number of nitrogens with one attached hydrogen (secondary N) is 1. The van der Waals surface area contributed by atoms with E-state index in [1.165, 1.54) is 17.5 Å². The monoisotopic (exact) mass is 295 g/mol. The molecule has 1 unspecified atom stereocenters. The predicted molar refractivity (Wildman–Crippen MR) is 79.3 cm³/mol. The highest BCUT2D eigenvalue weighted by Crippen LogP contribution is 2.26. The van der Waals surface area contributed by atoms with E-state index >= 15 is 0 Å². The average Bonchev–Trinajstić information content (AvgIpc) is 2.32. The van der Waals surface area contributed by atoms with Crippen molar-refractivity contribution in [1.29, 1.82) is 0 Å². The highest BCUT2D eigenvalue weighted by molar-refractivity contribution is 9.10. The van der Waals surface area contributed by atoms with Crippen molar-refractivity contribution in [2.24, 2.45) is 0 Å². The number of unbranched alkanes of at least 4 members (excludes halogenated alkanes) is 1. The molecule has 1 nitrogen and oxygen atoms in total. The van der Waals surface area contributed by atoms with Gasteiger partial charge in [-0.25, -0.2) is 0 Å². The smallest absolute Gasteiger partial charge is 0.0323 e. The number of allylic oxidation sites excluding steroid dienone is 1. The molecule has 94 valence electrons. The molecule has 0 amide bonds. The average molecular weight is 296 g/mol. The molecule has 0 bridgehead atoms. The number of aryl methyl sites for hydroxylation is 1. The van der Waals surface area contributed by atoms with E-state index in [0.29, 0.717) is 6.04 Å². The standard InChI is InChI=1S/C15H22BrN/c1-4-6-7-8-15(17-5-2)14-11-13(16)10-9-12(14)3/h4,9-11,15,17H,1,5-8H2,2-3H3. The minimum Gasteiger partial charge on any atom is -0.310 e. The van der Waals surface area contributed by atoms with Crippen LogP contribution in [0.25, 0.3) is 0 Å². The lowest BCUT2D eigenvalue weighted by atomic mass is 9.97. The highest BCUT2D eigenvalue weighted by atomic mass is 79.9. The topological polar surface area (TPSA) is 12.0 Å². The lowest BCUT2D eigenvalue weighted by Gasteiger charge is -2.20. The quantitative estimate of drug-likeness (QED) is 0.565. The van der Waals surface area contributed by atoms with E-state index in [2.05, 4.69) is 59.9 Å². The largest absolute Gasteiger partial charge is 0.310 e. The third kappa shape index (κ3) is 4.64. The minimum absolute atomic E-state index is 0.456. The van der Waals surface area contributed by atoms with Gasteiger partial charge in [0, 0.05) is 10.5 Å². The Kier molecular flexibility index (Phi) is 6.53. The maximum atomic E-state index is 3.78. The first-order valence-electron chi connectivity index (χ1n) is 6.29. The van der Waals surface area contributed by atoms with Gasteiger partial charge in [-0.1, -0.05) is 35.0 Å². The molecule has 1 rings (SSSR count). The maximum absolute atomic E-state index is 3.78. The molecule has 0 aliphatic carbocycles. The van der Waals surface area contributed by atoms with Crippen molar-refractivity contribution >= 4 is 15.9 Å². The molecule has 0 spiro atoms. The minimum atomic E-state index is 0.456. The summed E-state index contributed by atoms with van der Waals surface area (Å²) < 4.78 is 1.16. The van der Waals surface area contributed by atoms with Crippen LogP contribution in [0.5, 0.6) is 0 Å². The Balaban J connectivity index is 2.80. The Hall–Kier alpha value is -0.600. The molecule has 0 saturated heterocycles. The summed E-state index contributed by atoms with van der Waals surface area (Å²) in [6, 6.07) is 6.97. The first kappa shape index (κ1) is 14.5. The molecule has 1 aromatic rings. The zero-order valence-corrected chi connectivity index (χ0v) is 12.4. The van der Waals surface area contributed by atoms with Crippen molar-refractivity contribution in [1.82, 2.24) is 5.32 Å². The van der Waals surface area contributed by atoms with Crippen molar-refractivity contribution in [3.8, 4) is 0 Å². The van der Waals surface area contributed by atoms with Crippen LogP contribution in [0.3, 0.4) is 0 Å². The van der Waals surface area contributed by atoms with E-state index in [1.54, 1.807) is 0 Å². The molecule has 0 saturated carbocycles. The van der Waals surface area contributed by atoms with Gasteiger partial charge in [0.05, 0.1) is 0 Å². The molecule has 2 heteroatoms. The fraction of sp³-hybridized carbons (Fsp3) is 0.467. The summed E-state index contributed by atoms with van der Waals surface area (Å²) in [6.45, 7) is 9.13. The first-order chi connectivity index (χ1) is 8.19. The molecule has 0 aliphatic heterocycles. The number of hydrogen-bond donors (Lipinski definition) is 1. The summed E-state index contributed by atoms with van der Waals surface area (Å²) >= 11 is 3.55. The van der Waals surface area contributed by atoms with Crippen LogP contribution in [0.15, 0.2) is 35.3 Å². The molecule has 0 radical (unpaired) electrons. The van der Waals surface area contributed by atoms with E-state index in [0.717, 1.165) is 23.9 Å². The Morgan fingerprint density at radius 1 is 1.47 bits per heavy atom. The third-order valence-corrected chi connectivity index (χ3v) is 3.46. The van der Waals surface area contributed by atoms with Crippen molar-refractivity contribution in [3.63, 3.8) is 0 Å². The van der Waals surface area contributed by atoms with Crippen molar-refractivity contribution in [3.05, 3.63) is 46.5 Å². The number of halogens is 1. The van der Waals surface area contributed by atoms with Crippen LogP contribution >= 0.6 is 15.9 Å². The SMILES string of the molecule is C=CCCCC(NCC)c1cc(Br)ccc1C. The van der Waals surface area contributed by atoms with Gasteiger partial charge in [0.25, 0.3) is 0 Å². The summed E-state index contributed by atoms with van der Waals surface area (Å²) in [4.78, 5) is 0. The van der Waals surface area contributed by atoms with Gasteiger partial charge in [0.15, 0.2) is 0 Å². The van der Waals surface area contributed by atoms with Gasteiger partial charge in [-0.3, -0.25) is 0 Å². The fourth-order valence-electron chi connectivity index (χ4n) is 2.07. The summed E-state index contributed by atoms with van der Waals surface area (Å²) in [7, 11) is 0. The Bertz CT molecular complexity index is 360. The molecule has 17 heavy (non-hydrogen) atoms. The van der Waals surface area contributed by atoms with Gasteiger partial charge < -0.3 is 5.32 Å². The Morgan fingerprint density at radius 2 is 2.24 bits per heavy atom. The highest BCUT2D eigenvalue weighted by Gasteiger charge is 2.12. The lowest BCUT2D eigenvalue weighted by Crippen LogP contribution is -2.21. The Labute approximate surface area is 113 Å². The predicted octanol–water partition coefficient (Wildman–Crippen LogP) is 4.76. The van der Waals surface area contributed by atoms with Crippen LogP contribution in [0.1, 0.15) is 43.4 Å². The molecule has 0 fully saturated rings. The van der Waals surface area contributed by atoms with E-state index in [9.17, 15) is 0 Å². The van der Waals surface area contributed by atoms with Crippen LogP contribution in [-0.4, -0.2) is 6.54 Å². The van der Waals surface area contributed by atoms with E-state index in [1.807, 2.05) is 6.08 Å². The number of hydrogen-bond acceptors (Lipinski definition) is 1. The van der Waals surface area contributed by atoms with Gasteiger partial charge in [0.2, 0.25) is 0 Å². The second kappa shape index (κ2) is 7.67. The first-order valence-corrected chi connectivity index (χ1v) is 7.08. The van der Waals surface area contributed by atoms with E-state index in [4.69, 9.17) is 0 Å². The summed E-state index contributed by atoms with van der Waals surface area (Å²) in [6.07, 6.45) is 5.44. The molecule has 0 aliphatic rings. The van der Waals surface area contributed by atoms with E-state index < -0.39 is 0 Å². The molecular weight excluding hydrogens is 274 g/mol. The van der Waals surface area contributed by atoms with Gasteiger partial charge in [-0.15, -0.1) is 6.58 Å². The molecule has 1 aromatic carbocycles. The van der Waals surface area contributed by atoms with Crippen LogP contribution in [-0.2, 0) is 0 Å². The summed E-state index contributed by atoms with van der Waals surface area (Å²) in [5.41, 5.74) is 2.77. The molecule has 1 N–H and O–H groups in total. The van der Waals surface area contributed by atoms with Crippen LogP contribution in [0.4, 0.5) is 0 Å². The van der Waals surface area contributed by atoms with Gasteiger partial charge in [-0.2, -0.15) is 0 Å². The van der Waals surface area contributed by atoms with E-state index in [-0.39, 0.29) is 0 Å². The maximum Gasteiger partial charge on any atom is 0.0323 e. The molecule has 1 atom stereocenters.